The molecule has 1 atom stereocenters. The summed E-state index contributed by atoms with van der Waals surface area (Å²) in [5.41, 5.74) is 6.60. The molecule has 0 heterocycles. The van der Waals surface area contributed by atoms with E-state index in [1.807, 2.05) is 31.2 Å². The molecule has 0 saturated heterocycles. The quantitative estimate of drug-likeness (QED) is 0.876. The van der Waals surface area contributed by atoms with E-state index >= 15 is 0 Å². The Morgan fingerprint density at radius 1 is 1.56 bits per heavy atom. The summed E-state index contributed by atoms with van der Waals surface area (Å²) in [5.74, 6) is -0.0394. The molecule has 4 heteroatoms. The van der Waals surface area contributed by atoms with Gasteiger partial charge in [-0.15, -0.1) is 0 Å². The summed E-state index contributed by atoms with van der Waals surface area (Å²) in [6, 6.07) is 7.04. The summed E-state index contributed by atoms with van der Waals surface area (Å²) in [5, 5.41) is 0.682. The number of hydrogen-bond acceptors (Lipinski definition) is 2. The fourth-order valence-electron chi connectivity index (χ4n) is 1.49. The molecule has 0 aliphatic rings. The van der Waals surface area contributed by atoms with Gasteiger partial charge in [-0.05, 0) is 31.5 Å². The van der Waals surface area contributed by atoms with Gasteiger partial charge in [0.05, 0.1) is 6.04 Å². The molecular formula is C12H17ClN2O. The van der Waals surface area contributed by atoms with Crippen LogP contribution in [0, 0.1) is 0 Å². The highest BCUT2D eigenvalue weighted by Crippen LogP contribution is 2.13. The highest BCUT2D eigenvalue weighted by Gasteiger charge is 2.15. The van der Waals surface area contributed by atoms with Crippen LogP contribution in [0.3, 0.4) is 0 Å². The van der Waals surface area contributed by atoms with Gasteiger partial charge in [0, 0.05) is 18.1 Å². The molecule has 0 fully saturated rings. The van der Waals surface area contributed by atoms with Gasteiger partial charge in [0.25, 0.3) is 0 Å². The van der Waals surface area contributed by atoms with Gasteiger partial charge in [-0.3, -0.25) is 4.79 Å². The standard InChI is InChI=1S/C12H17ClN2O/c1-3-15(12(16)9(2)14)8-10-5-4-6-11(13)7-10/h4-7,9H,3,8,14H2,1-2H3. The van der Waals surface area contributed by atoms with E-state index in [0.29, 0.717) is 18.1 Å². The van der Waals surface area contributed by atoms with Crippen molar-refractivity contribution < 1.29 is 4.79 Å². The lowest BCUT2D eigenvalue weighted by atomic mass is 10.2. The van der Waals surface area contributed by atoms with E-state index < -0.39 is 6.04 Å². The van der Waals surface area contributed by atoms with Crippen LogP contribution in [0.25, 0.3) is 0 Å². The molecule has 1 rings (SSSR count). The van der Waals surface area contributed by atoms with E-state index in [1.54, 1.807) is 11.8 Å². The molecule has 0 radical (unpaired) electrons. The molecule has 3 nitrogen and oxygen atoms in total. The molecule has 1 amide bonds. The molecule has 0 saturated carbocycles. The molecule has 0 aliphatic heterocycles. The summed E-state index contributed by atoms with van der Waals surface area (Å²) in [4.78, 5) is 13.4. The number of hydrogen-bond donors (Lipinski definition) is 1. The first-order valence-corrected chi connectivity index (χ1v) is 5.71. The van der Waals surface area contributed by atoms with Gasteiger partial charge in [0.1, 0.15) is 0 Å². The summed E-state index contributed by atoms with van der Waals surface area (Å²) < 4.78 is 0. The van der Waals surface area contributed by atoms with Crippen molar-refractivity contribution >= 4 is 17.5 Å². The van der Waals surface area contributed by atoms with E-state index in [1.165, 1.54) is 0 Å². The average molecular weight is 241 g/mol. The number of likely N-dealkylation sites (N-methyl/N-ethyl adjacent to an activating group) is 1. The predicted molar refractivity (Wildman–Crippen MR) is 66.2 cm³/mol. The Morgan fingerprint density at radius 2 is 2.25 bits per heavy atom. The van der Waals surface area contributed by atoms with Crippen molar-refractivity contribution in [2.75, 3.05) is 6.54 Å². The second-order valence-electron chi connectivity index (χ2n) is 3.77. The van der Waals surface area contributed by atoms with Crippen LogP contribution in [-0.2, 0) is 11.3 Å². The molecule has 2 N–H and O–H groups in total. The highest BCUT2D eigenvalue weighted by molar-refractivity contribution is 6.30. The Kier molecular flexibility index (Phi) is 4.77. The van der Waals surface area contributed by atoms with E-state index in [2.05, 4.69) is 0 Å². The minimum atomic E-state index is -0.459. The zero-order valence-electron chi connectivity index (χ0n) is 9.61. The largest absolute Gasteiger partial charge is 0.337 e. The fraction of sp³-hybridized carbons (Fsp3) is 0.417. The summed E-state index contributed by atoms with van der Waals surface area (Å²) in [6.45, 7) is 4.83. The van der Waals surface area contributed by atoms with Gasteiger partial charge in [-0.1, -0.05) is 23.7 Å². The Balaban J connectivity index is 2.74. The van der Waals surface area contributed by atoms with Gasteiger partial charge >= 0.3 is 0 Å². The third-order valence-corrected chi connectivity index (χ3v) is 2.58. The Morgan fingerprint density at radius 3 is 2.75 bits per heavy atom. The van der Waals surface area contributed by atoms with Crippen molar-refractivity contribution in [2.45, 2.75) is 26.4 Å². The minimum absolute atomic E-state index is 0.0394. The second-order valence-corrected chi connectivity index (χ2v) is 4.21. The highest BCUT2D eigenvalue weighted by atomic mass is 35.5. The van der Waals surface area contributed by atoms with Crippen molar-refractivity contribution in [2.24, 2.45) is 5.73 Å². The molecule has 1 unspecified atom stereocenters. The molecule has 0 aliphatic carbocycles. The normalized spacial score (nSPS) is 12.2. The van der Waals surface area contributed by atoms with Crippen molar-refractivity contribution in [3.8, 4) is 0 Å². The Bertz CT molecular complexity index is 366. The summed E-state index contributed by atoms with van der Waals surface area (Å²) in [7, 11) is 0. The van der Waals surface area contributed by atoms with Gasteiger partial charge in [-0.2, -0.15) is 0 Å². The molecule has 0 aromatic heterocycles. The first kappa shape index (κ1) is 13.0. The topological polar surface area (TPSA) is 46.3 Å². The lowest BCUT2D eigenvalue weighted by molar-refractivity contribution is -0.132. The fourth-order valence-corrected chi connectivity index (χ4v) is 1.70. The van der Waals surface area contributed by atoms with Crippen LogP contribution in [0.2, 0.25) is 5.02 Å². The van der Waals surface area contributed by atoms with Crippen LogP contribution in [0.4, 0.5) is 0 Å². The smallest absolute Gasteiger partial charge is 0.239 e. The molecule has 16 heavy (non-hydrogen) atoms. The molecule has 88 valence electrons. The maximum absolute atomic E-state index is 11.7. The van der Waals surface area contributed by atoms with Crippen LogP contribution >= 0.6 is 11.6 Å². The minimum Gasteiger partial charge on any atom is -0.337 e. The van der Waals surface area contributed by atoms with Crippen LogP contribution < -0.4 is 5.73 Å². The van der Waals surface area contributed by atoms with E-state index in [9.17, 15) is 4.79 Å². The molecular weight excluding hydrogens is 224 g/mol. The predicted octanol–water partition coefficient (Wildman–Crippen LogP) is 2.04. The van der Waals surface area contributed by atoms with Crippen LogP contribution in [0.15, 0.2) is 24.3 Å². The number of halogens is 1. The van der Waals surface area contributed by atoms with E-state index in [0.717, 1.165) is 5.56 Å². The van der Waals surface area contributed by atoms with Crippen LogP contribution in [0.1, 0.15) is 19.4 Å². The molecule has 0 bridgehead atoms. The number of nitrogens with two attached hydrogens (primary N) is 1. The summed E-state index contributed by atoms with van der Waals surface area (Å²) >= 11 is 5.89. The zero-order chi connectivity index (χ0) is 12.1. The van der Waals surface area contributed by atoms with Crippen molar-refractivity contribution in [1.82, 2.24) is 4.90 Å². The average Bonchev–Trinajstić information content (AvgIpc) is 2.25. The molecule has 0 spiro atoms. The number of nitrogens with zero attached hydrogens (tertiary/aromatic N) is 1. The summed E-state index contributed by atoms with van der Waals surface area (Å²) in [6.07, 6.45) is 0. The van der Waals surface area contributed by atoms with Gasteiger partial charge in [0.15, 0.2) is 0 Å². The third-order valence-electron chi connectivity index (χ3n) is 2.35. The monoisotopic (exact) mass is 240 g/mol. The number of benzene rings is 1. The van der Waals surface area contributed by atoms with Crippen molar-refractivity contribution in [3.05, 3.63) is 34.9 Å². The lowest BCUT2D eigenvalue weighted by Gasteiger charge is -2.22. The maximum Gasteiger partial charge on any atom is 0.239 e. The van der Waals surface area contributed by atoms with E-state index in [4.69, 9.17) is 17.3 Å². The maximum atomic E-state index is 11.7. The van der Waals surface area contributed by atoms with Gasteiger partial charge < -0.3 is 10.6 Å². The molecule has 1 aromatic rings. The first-order chi connectivity index (χ1) is 7.54. The zero-order valence-corrected chi connectivity index (χ0v) is 10.4. The lowest BCUT2D eigenvalue weighted by Crippen LogP contribution is -2.41. The molecule has 1 aromatic carbocycles. The number of carbonyl (C=O) groups excluding carboxylic acids is 1. The Hall–Kier alpha value is -1.06. The van der Waals surface area contributed by atoms with Gasteiger partial charge in [0.2, 0.25) is 5.91 Å². The Labute approximate surface area is 101 Å². The van der Waals surface area contributed by atoms with Crippen LogP contribution in [0.5, 0.6) is 0 Å². The first-order valence-electron chi connectivity index (χ1n) is 5.33. The van der Waals surface area contributed by atoms with Gasteiger partial charge in [-0.25, -0.2) is 0 Å². The van der Waals surface area contributed by atoms with E-state index in [-0.39, 0.29) is 5.91 Å². The SMILES string of the molecule is CCN(Cc1cccc(Cl)c1)C(=O)C(C)N. The third kappa shape index (κ3) is 3.51. The second kappa shape index (κ2) is 5.87. The number of carbonyl (C=O) groups is 1. The van der Waals surface area contributed by atoms with Crippen LogP contribution in [-0.4, -0.2) is 23.4 Å². The van der Waals surface area contributed by atoms with Crippen molar-refractivity contribution in [3.63, 3.8) is 0 Å². The number of rotatable bonds is 4. The van der Waals surface area contributed by atoms with Crippen molar-refractivity contribution in [1.29, 1.82) is 0 Å². The number of amides is 1.